The second-order valence-electron chi connectivity index (χ2n) is 9.70. The zero-order valence-corrected chi connectivity index (χ0v) is 18.2. The van der Waals surface area contributed by atoms with E-state index in [1.807, 2.05) is 0 Å². The van der Waals surface area contributed by atoms with Gasteiger partial charge < -0.3 is 5.48 Å². The second-order valence-corrected chi connectivity index (χ2v) is 9.70. The van der Waals surface area contributed by atoms with Gasteiger partial charge >= 0.3 is 0 Å². The SMILES string of the molecule is C1CN2CN(C1)CN1CCCN(C1)CN1CCCN(C1)CN1CCCN(C1)C2.O. The predicted octanol–water partition coefficient (Wildman–Crippen LogP) is -1.13. The molecule has 0 spiro atoms. The third-order valence-corrected chi connectivity index (χ3v) is 6.99. The van der Waals surface area contributed by atoms with Crippen molar-refractivity contribution in [3.63, 3.8) is 0 Å². The molecule has 5 fully saturated rings. The van der Waals surface area contributed by atoms with Gasteiger partial charge in [0.1, 0.15) is 0 Å². The first kappa shape index (κ1) is 21.9. The summed E-state index contributed by atoms with van der Waals surface area (Å²) in [5.41, 5.74) is 0. The highest BCUT2D eigenvalue weighted by molar-refractivity contribution is 4.77. The van der Waals surface area contributed by atoms with E-state index in [1.165, 1.54) is 78.0 Å². The molecule has 2 N–H and O–H groups in total. The molecule has 8 bridgehead atoms. The lowest BCUT2D eigenvalue weighted by Gasteiger charge is -2.47. The molecule has 9 heteroatoms. The molecule has 5 saturated heterocycles. The van der Waals surface area contributed by atoms with Crippen LogP contribution in [0, 0.1) is 0 Å². The van der Waals surface area contributed by atoms with Crippen LogP contribution >= 0.6 is 0 Å². The maximum Gasteiger partial charge on any atom is 0.0530 e. The monoisotopic (exact) mass is 410 g/mol. The maximum absolute atomic E-state index is 2.68. The van der Waals surface area contributed by atoms with Gasteiger partial charge in [-0.3, -0.25) is 39.2 Å². The van der Waals surface area contributed by atoms with Crippen molar-refractivity contribution in [2.24, 2.45) is 0 Å². The van der Waals surface area contributed by atoms with Crippen molar-refractivity contribution in [3.05, 3.63) is 0 Å². The normalized spacial score (nSPS) is 46.3. The minimum atomic E-state index is 0. The van der Waals surface area contributed by atoms with E-state index in [0.29, 0.717) is 0 Å². The van der Waals surface area contributed by atoms with Gasteiger partial charge in [0.2, 0.25) is 0 Å². The molecule has 0 atom stereocenters. The van der Waals surface area contributed by atoms with E-state index in [2.05, 4.69) is 39.2 Å². The third-order valence-electron chi connectivity index (χ3n) is 6.99. The summed E-state index contributed by atoms with van der Waals surface area (Å²) >= 11 is 0. The van der Waals surface area contributed by atoms with E-state index in [0.717, 1.165) is 53.3 Å². The standard InChI is InChI=1S/C20H40N8.H2O/c1-5-21-13-22(6-1)18-24-8-3-10-26(15-24)20-28-12-4-11-27(16-28)19-25-9-2-7-23(14-25)17-21;/h1-20H2;1H2. The molecule has 5 aliphatic heterocycles. The van der Waals surface area contributed by atoms with Crippen LogP contribution in [0.2, 0.25) is 0 Å². The summed E-state index contributed by atoms with van der Waals surface area (Å²) in [5.74, 6) is 0. The summed E-state index contributed by atoms with van der Waals surface area (Å²) in [4.78, 5) is 21.5. The lowest BCUT2D eigenvalue weighted by molar-refractivity contribution is -0.0669. The highest BCUT2D eigenvalue weighted by Gasteiger charge is 2.28. The Morgan fingerprint density at radius 1 is 0.241 bits per heavy atom. The quantitative estimate of drug-likeness (QED) is 0.497. The van der Waals surface area contributed by atoms with Crippen LogP contribution in [0.15, 0.2) is 0 Å². The molecule has 0 aliphatic carbocycles. The predicted molar refractivity (Wildman–Crippen MR) is 115 cm³/mol. The van der Waals surface area contributed by atoms with Gasteiger partial charge in [-0.1, -0.05) is 0 Å². The van der Waals surface area contributed by atoms with Crippen molar-refractivity contribution >= 4 is 0 Å². The van der Waals surface area contributed by atoms with Crippen LogP contribution in [-0.2, 0) is 0 Å². The molecule has 0 unspecified atom stereocenters. The molecule has 29 heavy (non-hydrogen) atoms. The molecule has 0 aromatic rings. The third kappa shape index (κ3) is 5.87. The molecule has 168 valence electrons. The summed E-state index contributed by atoms with van der Waals surface area (Å²) in [6.45, 7) is 19.3. The Morgan fingerprint density at radius 2 is 0.379 bits per heavy atom. The van der Waals surface area contributed by atoms with Crippen molar-refractivity contribution in [2.75, 3.05) is 106 Å². The molecule has 5 aliphatic rings. The van der Waals surface area contributed by atoms with E-state index in [4.69, 9.17) is 0 Å². The van der Waals surface area contributed by atoms with E-state index in [-0.39, 0.29) is 5.48 Å². The smallest absolute Gasteiger partial charge is 0.0530 e. The van der Waals surface area contributed by atoms with Crippen molar-refractivity contribution < 1.29 is 5.48 Å². The molecule has 0 radical (unpaired) electrons. The number of rotatable bonds is 0. The Bertz CT molecular complexity index is 391. The zero-order valence-electron chi connectivity index (χ0n) is 18.2. The molecule has 0 aromatic carbocycles. The summed E-state index contributed by atoms with van der Waals surface area (Å²) in [5, 5.41) is 0. The van der Waals surface area contributed by atoms with Crippen LogP contribution in [0.1, 0.15) is 25.7 Å². The molecular formula is C20H42N8O. The van der Waals surface area contributed by atoms with Gasteiger partial charge in [0.25, 0.3) is 0 Å². The number of hydrogen-bond donors (Lipinski definition) is 0. The van der Waals surface area contributed by atoms with Gasteiger partial charge in [-0.05, 0) is 25.7 Å². The second kappa shape index (κ2) is 10.3. The molecule has 0 amide bonds. The van der Waals surface area contributed by atoms with Crippen molar-refractivity contribution in [1.29, 1.82) is 0 Å². The fraction of sp³-hybridized carbons (Fsp3) is 1.00. The van der Waals surface area contributed by atoms with E-state index in [9.17, 15) is 0 Å². The fourth-order valence-corrected chi connectivity index (χ4v) is 5.82. The summed E-state index contributed by atoms with van der Waals surface area (Å²) in [7, 11) is 0. The van der Waals surface area contributed by atoms with E-state index < -0.39 is 0 Å². The fourth-order valence-electron chi connectivity index (χ4n) is 5.82. The van der Waals surface area contributed by atoms with E-state index >= 15 is 0 Å². The number of nitrogens with zero attached hydrogens (tertiary/aromatic N) is 8. The first-order valence-corrected chi connectivity index (χ1v) is 11.6. The Morgan fingerprint density at radius 3 is 0.517 bits per heavy atom. The average Bonchev–Trinajstić information content (AvgIpc) is 2.69. The van der Waals surface area contributed by atoms with Crippen LogP contribution in [0.25, 0.3) is 0 Å². The molecule has 0 aromatic heterocycles. The van der Waals surface area contributed by atoms with E-state index in [1.54, 1.807) is 0 Å². The van der Waals surface area contributed by atoms with Gasteiger partial charge in [-0.25, -0.2) is 0 Å². The van der Waals surface area contributed by atoms with Gasteiger partial charge in [-0.15, -0.1) is 0 Å². The first-order chi connectivity index (χ1) is 13.8. The van der Waals surface area contributed by atoms with Crippen LogP contribution in [0.5, 0.6) is 0 Å². The van der Waals surface area contributed by atoms with Gasteiger partial charge in [0.15, 0.2) is 0 Å². The molecular weight excluding hydrogens is 368 g/mol. The minimum Gasteiger partial charge on any atom is -0.412 e. The maximum atomic E-state index is 2.68. The van der Waals surface area contributed by atoms with Crippen LogP contribution < -0.4 is 0 Å². The summed E-state index contributed by atoms with van der Waals surface area (Å²) < 4.78 is 0. The number of hydrogen-bond acceptors (Lipinski definition) is 8. The average molecular weight is 411 g/mol. The highest BCUT2D eigenvalue weighted by Crippen LogP contribution is 2.16. The van der Waals surface area contributed by atoms with Crippen LogP contribution in [0.3, 0.4) is 0 Å². The summed E-state index contributed by atoms with van der Waals surface area (Å²) in [6, 6.07) is 0. The number of fused-ring (bicyclic) bond motifs is 8. The molecule has 9 nitrogen and oxygen atoms in total. The Kier molecular flexibility index (Phi) is 7.76. The zero-order chi connectivity index (χ0) is 18.8. The Labute approximate surface area is 176 Å². The van der Waals surface area contributed by atoms with Crippen molar-refractivity contribution in [3.8, 4) is 0 Å². The molecule has 0 saturated carbocycles. The Balaban J connectivity index is 0.00000205. The lowest BCUT2D eigenvalue weighted by Crippen LogP contribution is -2.59. The van der Waals surface area contributed by atoms with Crippen molar-refractivity contribution in [2.45, 2.75) is 25.7 Å². The van der Waals surface area contributed by atoms with Gasteiger partial charge in [-0.2, -0.15) is 0 Å². The van der Waals surface area contributed by atoms with Gasteiger partial charge in [0, 0.05) is 52.4 Å². The first-order valence-electron chi connectivity index (χ1n) is 11.6. The van der Waals surface area contributed by atoms with Crippen LogP contribution in [-0.4, -0.2) is 150 Å². The molecule has 5 rings (SSSR count). The van der Waals surface area contributed by atoms with Crippen LogP contribution in [0.4, 0.5) is 0 Å². The summed E-state index contributed by atoms with van der Waals surface area (Å²) in [6.07, 6.45) is 5.26. The minimum absolute atomic E-state index is 0. The topological polar surface area (TPSA) is 57.4 Å². The lowest BCUT2D eigenvalue weighted by atomic mass is 10.2. The highest BCUT2D eigenvalue weighted by atomic mass is 16.0. The Hall–Kier alpha value is -0.360. The van der Waals surface area contributed by atoms with Gasteiger partial charge in [0.05, 0.1) is 53.3 Å². The van der Waals surface area contributed by atoms with Crippen molar-refractivity contribution in [1.82, 2.24) is 39.2 Å². The molecule has 5 heterocycles. The largest absolute Gasteiger partial charge is 0.412 e.